The van der Waals surface area contributed by atoms with Crippen LogP contribution in [0.4, 0.5) is 0 Å². The average molecular weight is 293 g/mol. The van der Waals surface area contributed by atoms with Crippen LogP contribution in [0, 0.1) is 6.92 Å². The van der Waals surface area contributed by atoms with Crippen LogP contribution in [0.2, 0.25) is 0 Å². The second kappa shape index (κ2) is 7.56. The van der Waals surface area contributed by atoms with E-state index >= 15 is 0 Å². The van der Waals surface area contributed by atoms with Crippen molar-refractivity contribution in [1.82, 2.24) is 19.6 Å². The van der Waals surface area contributed by atoms with E-state index in [2.05, 4.69) is 10.00 Å². The molecule has 0 spiro atoms. The zero-order valence-corrected chi connectivity index (χ0v) is 13.2. The van der Waals surface area contributed by atoms with Crippen LogP contribution in [0.25, 0.3) is 0 Å². The Kier molecular flexibility index (Phi) is 5.76. The van der Waals surface area contributed by atoms with Gasteiger partial charge in [0.05, 0.1) is 11.8 Å². The predicted molar refractivity (Wildman–Crippen MR) is 83.2 cm³/mol. The third-order valence-corrected chi connectivity index (χ3v) is 4.27. The molecule has 21 heavy (non-hydrogen) atoms. The average Bonchev–Trinajstić information content (AvgIpc) is 2.69. The highest BCUT2D eigenvalue weighted by atomic mass is 16.2. The van der Waals surface area contributed by atoms with Gasteiger partial charge in [0.15, 0.2) is 0 Å². The molecule has 1 amide bonds. The standard InChI is InChI=1S/C15H27N5O/c1-13-14(12-17-18(13)2)15(21)20-9-5-8-19(10-11-20)7-4-3-6-16/h12H,3-11,16H2,1-2H3. The van der Waals surface area contributed by atoms with Gasteiger partial charge in [-0.2, -0.15) is 5.10 Å². The van der Waals surface area contributed by atoms with Crippen LogP contribution in [0.15, 0.2) is 6.20 Å². The van der Waals surface area contributed by atoms with Gasteiger partial charge in [0, 0.05) is 32.4 Å². The Hall–Kier alpha value is -1.40. The van der Waals surface area contributed by atoms with Crippen molar-refractivity contribution in [2.45, 2.75) is 26.2 Å². The van der Waals surface area contributed by atoms with Crippen LogP contribution >= 0.6 is 0 Å². The van der Waals surface area contributed by atoms with Crippen LogP contribution in [0.5, 0.6) is 0 Å². The summed E-state index contributed by atoms with van der Waals surface area (Å²) in [5, 5.41) is 4.17. The second-order valence-electron chi connectivity index (χ2n) is 5.75. The number of hydrogen-bond acceptors (Lipinski definition) is 4. The monoisotopic (exact) mass is 293 g/mol. The zero-order chi connectivity index (χ0) is 15.2. The van der Waals surface area contributed by atoms with Crippen molar-refractivity contribution in [1.29, 1.82) is 0 Å². The first-order chi connectivity index (χ1) is 10.1. The third kappa shape index (κ3) is 4.04. The quantitative estimate of drug-likeness (QED) is 0.808. The van der Waals surface area contributed by atoms with E-state index < -0.39 is 0 Å². The molecule has 0 aromatic carbocycles. The molecule has 2 N–H and O–H groups in total. The largest absolute Gasteiger partial charge is 0.337 e. The minimum absolute atomic E-state index is 0.115. The Labute approximate surface area is 126 Å². The van der Waals surface area contributed by atoms with E-state index in [9.17, 15) is 4.79 Å². The number of unbranched alkanes of at least 4 members (excludes halogenated alkanes) is 1. The molecule has 118 valence electrons. The van der Waals surface area contributed by atoms with Crippen LogP contribution in [0.3, 0.4) is 0 Å². The summed E-state index contributed by atoms with van der Waals surface area (Å²) in [7, 11) is 1.87. The second-order valence-corrected chi connectivity index (χ2v) is 5.75. The van der Waals surface area contributed by atoms with Crippen LogP contribution in [0.1, 0.15) is 35.3 Å². The van der Waals surface area contributed by atoms with E-state index in [0.29, 0.717) is 0 Å². The molecular formula is C15H27N5O. The number of rotatable bonds is 5. The molecule has 1 fully saturated rings. The summed E-state index contributed by atoms with van der Waals surface area (Å²) in [6.07, 6.45) is 4.94. The number of aromatic nitrogens is 2. The minimum atomic E-state index is 0.115. The van der Waals surface area contributed by atoms with Gasteiger partial charge in [-0.1, -0.05) is 0 Å². The van der Waals surface area contributed by atoms with Gasteiger partial charge >= 0.3 is 0 Å². The van der Waals surface area contributed by atoms with Gasteiger partial charge in [-0.3, -0.25) is 9.48 Å². The number of carbonyl (C=O) groups excluding carboxylic acids is 1. The maximum Gasteiger partial charge on any atom is 0.257 e. The van der Waals surface area contributed by atoms with Crippen molar-refractivity contribution < 1.29 is 4.79 Å². The Bertz CT molecular complexity index is 471. The lowest BCUT2D eigenvalue weighted by atomic mass is 10.2. The molecule has 1 saturated heterocycles. The molecule has 1 aliphatic rings. The lowest BCUT2D eigenvalue weighted by molar-refractivity contribution is 0.0760. The van der Waals surface area contributed by atoms with Crippen LogP contribution in [-0.4, -0.2) is 64.8 Å². The summed E-state index contributed by atoms with van der Waals surface area (Å²) in [6.45, 7) is 7.45. The molecule has 0 unspecified atom stereocenters. The number of amides is 1. The summed E-state index contributed by atoms with van der Waals surface area (Å²) in [6, 6.07) is 0. The molecule has 2 heterocycles. The van der Waals surface area contributed by atoms with Gasteiger partial charge in [0.1, 0.15) is 0 Å². The SMILES string of the molecule is Cc1c(C(=O)N2CCCN(CCCCN)CC2)cnn1C. The fourth-order valence-electron chi connectivity index (χ4n) is 2.76. The highest BCUT2D eigenvalue weighted by molar-refractivity contribution is 5.95. The molecule has 0 bridgehead atoms. The molecule has 0 radical (unpaired) electrons. The fraction of sp³-hybridized carbons (Fsp3) is 0.733. The van der Waals surface area contributed by atoms with Crippen molar-refractivity contribution >= 4 is 5.91 Å². The number of carbonyl (C=O) groups is 1. The molecule has 1 aromatic heterocycles. The number of hydrogen-bond donors (Lipinski definition) is 1. The minimum Gasteiger partial charge on any atom is -0.337 e. The molecule has 2 rings (SSSR count). The normalized spacial score (nSPS) is 17.0. The Morgan fingerprint density at radius 3 is 2.76 bits per heavy atom. The van der Waals surface area contributed by atoms with E-state index in [1.807, 2.05) is 18.9 Å². The summed E-state index contributed by atoms with van der Waals surface area (Å²) in [5.41, 5.74) is 7.20. The van der Waals surface area contributed by atoms with Crippen molar-refractivity contribution in [2.24, 2.45) is 12.8 Å². The maximum atomic E-state index is 12.6. The van der Waals surface area contributed by atoms with Crippen molar-refractivity contribution in [2.75, 3.05) is 39.3 Å². The van der Waals surface area contributed by atoms with Gasteiger partial charge in [0.2, 0.25) is 0 Å². The van der Waals surface area contributed by atoms with E-state index in [1.54, 1.807) is 10.9 Å². The molecule has 6 nitrogen and oxygen atoms in total. The lowest BCUT2D eigenvalue weighted by Gasteiger charge is -2.21. The van der Waals surface area contributed by atoms with Crippen molar-refractivity contribution in [3.63, 3.8) is 0 Å². The fourth-order valence-corrected chi connectivity index (χ4v) is 2.76. The Balaban J connectivity index is 1.90. The number of nitrogens with zero attached hydrogens (tertiary/aromatic N) is 4. The van der Waals surface area contributed by atoms with E-state index in [-0.39, 0.29) is 5.91 Å². The Morgan fingerprint density at radius 2 is 2.10 bits per heavy atom. The number of nitrogens with two attached hydrogens (primary N) is 1. The molecule has 0 aliphatic carbocycles. The Morgan fingerprint density at radius 1 is 1.29 bits per heavy atom. The summed E-state index contributed by atoms with van der Waals surface area (Å²) < 4.78 is 1.75. The summed E-state index contributed by atoms with van der Waals surface area (Å²) in [5.74, 6) is 0.115. The topological polar surface area (TPSA) is 67.4 Å². The predicted octanol–water partition coefficient (Wildman–Crippen LogP) is 0.615. The van der Waals surface area contributed by atoms with E-state index in [0.717, 1.165) is 69.8 Å². The first-order valence-corrected chi connectivity index (χ1v) is 7.83. The van der Waals surface area contributed by atoms with E-state index in [1.165, 1.54) is 0 Å². The van der Waals surface area contributed by atoms with Gasteiger partial charge < -0.3 is 15.5 Å². The van der Waals surface area contributed by atoms with Gasteiger partial charge in [-0.05, 0) is 45.8 Å². The zero-order valence-electron chi connectivity index (χ0n) is 13.2. The lowest BCUT2D eigenvalue weighted by Crippen LogP contribution is -2.35. The highest BCUT2D eigenvalue weighted by Gasteiger charge is 2.22. The molecule has 6 heteroatoms. The summed E-state index contributed by atoms with van der Waals surface area (Å²) in [4.78, 5) is 17.0. The smallest absolute Gasteiger partial charge is 0.257 e. The third-order valence-electron chi connectivity index (χ3n) is 4.27. The molecular weight excluding hydrogens is 266 g/mol. The van der Waals surface area contributed by atoms with E-state index in [4.69, 9.17) is 5.73 Å². The molecule has 1 aromatic rings. The first-order valence-electron chi connectivity index (χ1n) is 7.83. The number of aryl methyl sites for hydroxylation is 1. The van der Waals surface area contributed by atoms with Gasteiger partial charge in [-0.25, -0.2) is 0 Å². The van der Waals surface area contributed by atoms with Crippen molar-refractivity contribution in [3.05, 3.63) is 17.5 Å². The van der Waals surface area contributed by atoms with Crippen molar-refractivity contribution in [3.8, 4) is 0 Å². The van der Waals surface area contributed by atoms with Crippen LogP contribution in [-0.2, 0) is 7.05 Å². The van der Waals surface area contributed by atoms with Gasteiger partial charge in [-0.15, -0.1) is 0 Å². The van der Waals surface area contributed by atoms with Crippen LogP contribution < -0.4 is 5.73 Å². The molecule has 0 atom stereocenters. The first kappa shape index (κ1) is 16.0. The van der Waals surface area contributed by atoms with Gasteiger partial charge in [0.25, 0.3) is 5.91 Å². The summed E-state index contributed by atoms with van der Waals surface area (Å²) >= 11 is 0. The highest BCUT2D eigenvalue weighted by Crippen LogP contribution is 2.12. The molecule has 0 saturated carbocycles. The molecule has 1 aliphatic heterocycles. The maximum absolute atomic E-state index is 12.6.